The van der Waals surface area contributed by atoms with Gasteiger partial charge < -0.3 is 4.57 Å². The number of halogens is 1. The van der Waals surface area contributed by atoms with Crippen molar-refractivity contribution >= 4 is 12.0 Å². The third kappa shape index (κ3) is 4.91. The number of carbonyl (C=O) groups excluding carboxylic acids is 1. The van der Waals surface area contributed by atoms with Crippen molar-refractivity contribution in [1.29, 1.82) is 0 Å². The maximum absolute atomic E-state index is 12.5. The molecule has 3 heterocycles. The molecule has 0 N–H and O–H groups in total. The fourth-order valence-corrected chi connectivity index (χ4v) is 2.92. The Morgan fingerprint density at radius 3 is 2.57 bits per heavy atom. The summed E-state index contributed by atoms with van der Waals surface area (Å²) in [5.41, 5.74) is 6.34. The van der Waals surface area contributed by atoms with Crippen molar-refractivity contribution < 1.29 is 9.18 Å². The van der Waals surface area contributed by atoms with Crippen LogP contribution in [-0.2, 0) is 13.5 Å². The van der Waals surface area contributed by atoms with E-state index in [2.05, 4.69) is 28.8 Å². The molecule has 0 aliphatic carbocycles. The average molecular weight is 385 g/mol. The molecule has 1 amide bonds. The highest BCUT2D eigenvalue weighted by atomic mass is 19.1. The second kappa shape index (κ2) is 9.39. The first-order valence-corrected chi connectivity index (χ1v) is 9.37. The third-order valence-corrected chi connectivity index (χ3v) is 4.96. The summed E-state index contributed by atoms with van der Waals surface area (Å²) in [5.74, 6) is 0.479. The Balaban J connectivity index is 0.000000202. The van der Waals surface area contributed by atoms with E-state index in [0.717, 1.165) is 39.3 Å². The monoisotopic (exact) mass is 385 g/mol. The number of fused-ring (bicyclic) bond motifs is 1. The molecule has 0 saturated carbocycles. The van der Waals surface area contributed by atoms with Gasteiger partial charge in [-0.2, -0.15) is 0 Å². The van der Waals surface area contributed by atoms with Crippen LogP contribution >= 0.6 is 0 Å². The van der Waals surface area contributed by atoms with Crippen LogP contribution in [0.3, 0.4) is 0 Å². The summed E-state index contributed by atoms with van der Waals surface area (Å²) < 4.78 is 14.5. The first-order chi connectivity index (χ1) is 13.3. The molecule has 6 nitrogen and oxygen atoms in total. The van der Waals surface area contributed by atoms with Crippen LogP contribution in [0.2, 0.25) is 0 Å². The smallest absolute Gasteiger partial charge is 0.333 e. The minimum Gasteiger partial charge on any atom is -0.333 e. The minimum absolute atomic E-state index is 0.405. The topological polar surface area (TPSA) is 63.4 Å². The maximum atomic E-state index is 12.5. The summed E-state index contributed by atoms with van der Waals surface area (Å²) in [6.45, 7) is 10.6. The van der Waals surface area contributed by atoms with Crippen LogP contribution in [0.25, 0.3) is 0 Å². The van der Waals surface area contributed by atoms with Gasteiger partial charge >= 0.3 is 6.16 Å². The molecule has 1 aliphatic heterocycles. The van der Waals surface area contributed by atoms with Gasteiger partial charge in [0.15, 0.2) is 5.49 Å². The van der Waals surface area contributed by atoms with Gasteiger partial charge in [-0.25, -0.2) is 14.8 Å². The second-order valence-corrected chi connectivity index (χ2v) is 6.86. The Kier molecular flexibility index (Phi) is 7.20. The number of allylic oxidation sites excluding steroid dienone is 2. The Morgan fingerprint density at radius 2 is 1.96 bits per heavy atom. The molecule has 28 heavy (non-hydrogen) atoms. The first-order valence-electron chi connectivity index (χ1n) is 9.37. The molecule has 1 aliphatic rings. The Hall–Kier alpha value is -2.83. The van der Waals surface area contributed by atoms with Gasteiger partial charge in [0.05, 0.1) is 5.69 Å². The molecule has 2 aromatic heterocycles. The fraction of sp³-hybridized carbons (Fsp3) is 0.429. The molecule has 150 valence electrons. The van der Waals surface area contributed by atoms with Crippen molar-refractivity contribution in [3.63, 3.8) is 0 Å². The van der Waals surface area contributed by atoms with Gasteiger partial charge in [0.1, 0.15) is 5.82 Å². The molecule has 0 radical (unpaired) electrons. The molecule has 2 aromatic rings. The summed E-state index contributed by atoms with van der Waals surface area (Å²) in [5, 5.41) is 0. The molecule has 0 saturated heterocycles. The van der Waals surface area contributed by atoms with Gasteiger partial charge in [0, 0.05) is 37.9 Å². The Labute approximate surface area is 165 Å². The zero-order chi connectivity index (χ0) is 20.8. The normalized spacial score (nSPS) is 14.2. The van der Waals surface area contributed by atoms with Crippen molar-refractivity contribution in [2.75, 3.05) is 11.4 Å². The highest BCUT2D eigenvalue weighted by molar-refractivity contribution is 5.88. The lowest BCUT2D eigenvalue weighted by Gasteiger charge is -2.10. The van der Waals surface area contributed by atoms with E-state index < -0.39 is 6.16 Å². The lowest BCUT2D eigenvalue weighted by molar-refractivity contribution is 0.228. The fourth-order valence-electron chi connectivity index (χ4n) is 2.92. The number of anilines is 1. The van der Waals surface area contributed by atoms with Crippen molar-refractivity contribution in [2.45, 2.75) is 47.5 Å². The van der Waals surface area contributed by atoms with E-state index in [1.807, 2.05) is 44.6 Å². The Morgan fingerprint density at radius 1 is 1.25 bits per heavy atom. The molecule has 3 rings (SSSR count). The molecule has 0 fully saturated rings. The van der Waals surface area contributed by atoms with Crippen molar-refractivity contribution in [3.8, 4) is 0 Å². The van der Waals surface area contributed by atoms with Crippen LogP contribution in [0, 0.1) is 13.8 Å². The maximum Gasteiger partial charge on any atom is 0.405 e. The molecular weight excluding hydrogens is 357 g/mol. The van der Waals surface area contributed by atoms with E-state index in [1.165, 1.54) is 5.57 Å². The Bertz CT molecular complexity index is 938. The van der Waals surface area contributed by atoms with E-state index in [4.69, 9.17) is 0 Å². The summed E-state index contributed by atoms with van der Waals surface area (Å²) in [6.07, 6.45) is 5.62. The molecular formula is C21H28FN5O. The van der Waals surface area contributed by atoms with Crippen molar-refractivity contribution in [3.05, 3.63) is 58.2 Å². The minimum atomic E-state index is -1.42. The van der Waals surface area contributed by atoms with Gasteiger partial charge in [-0.15, -0.1) is 4.39 Å². The van der Waals surface area contributed by atoms with Crippen LogP contribution in [0.5, 0.6) is 0 Å². The zero-order valence-electron chi connectivity index (χ0n) is 17.5. The van der Waals surface area contributed by atoms with Crippen LogP contribution in [0.4, 0.5) is 15.0 Å². The highest BCUT2D eigenvalue weighted by Gasteiger charge is 2.26. The molecule has 7 heteroatoms. The largest absolute Gasteiger partial charge is 0.405 e. The average Bonchev–Trinajstić information content (AvgIpc) is 3.10. The summed E-state index contributed by atoms with van der Waals surface area (Å²) >= 11 is 0. The van der Waals surface area contributed by atoms with Crippen LogP contribution < -0.4 is 10.4 Å². The van der Waals surface area contributed by atoms with Gasteiger partial charge in [-0.3, -0.25) is 9.88 Å². The van der Waals surface area contributed by atoms with E-state index >= 15 is 0 Å². The molecule has 0 atom stereocenters. The van der Waals surface area contributed by atoms with Crippen LogP contribution in [-0.4, -0.2) is 27.2 Å². The predicted molar refractivity (Wildman–Crippen MR) is 109 cm³/mol. The number of amides is 1. The zero-order valence-corrected chi connectivity index (χ0v) is 17.5. The number of aryl methyl sites for hydroxylation is 3. The van der Waals surface area contributed by atoms with Gasteiger partial charge in [-0.1, -0.05) is 12.5 Å². The number of rotatable bonds is 2. The van der Waals surface area contributed by atoms with Gasteiger partial charge in [-0.05, 0) is 57.7 Å². The lowest BCUT2D eigenvalue weighted by atomic mass is 10.1. The van der Waals surface area contributed by atoms with E-state index in [1.54, 1.807) is 12.4 Å². The molecule has 0 aromatic carbocycles. The quantitative estimate of drug-likeness (QED) is 0.576. The number of nitrogens with zero attached hydrogens (tertiary/aromatic N) is 5. The predicted octanol–water partition coefficient (Wildman–Crippen LogP) is 4.18. The van der Waals surface area contributed by atoms with E-state index in [0.29, 0.717) is 18.8 Å². The van der Waals surface area contributed by atoms with Crippen molar-refractivity contribution in [2.24, 2.45) is 12.0 Å². The summed E-state index contributed by atoms with van der Waals surface area (Å²) in [6, 6.07) is 1.87. The number of hydrogen-bond donors (Lipinski definition) is 0. The molecule has 0 spiro atoms. The van der Waals surface area contributed by atoms with Crippen molar-refractivity contribution in [1.82, 2.24) is 14.5 Å². The third-order valence-electron chi connectivity index (χ3n) is 4.96. The highest BCUT2D eigenvalue weighted by Crippen LogP contribution is 2.28. The van der Waals surface area contributed by atoms with Crippen LogP contribution in [0.1, 0.15) is 44.0 Å². The number of carbonyl (C=O) groups is 1. The number of pyridine rings is 1. The van der Waals surface area contributed by atoms with E-state index in [-0.39, 0.29) is 0 Å². The summed E-state index contributed by atoms with van der Waals surface area (Å²) in [7, 11) is 1.99. The molecule has 0 unspecified atom stereocenters. The SMILES string of the molecule is CC/C(C)=C(\C)N=c1c(C)nccn1C.Cc1ccnc2c1CCN2C(=O)F. The van der Waals surface area contributed by atoms with E-state index in [9.17, 15) is 9.18 Å². The van der Waals surface area contributed by atoms with Crippen LogP contribution in [0.15, 0.2) is 40.9 Å². The van der Waals surface area contributed by atoms with Gasteiger partial charge in [0.25, 0.3) is 0 Å². The number of hydrogen-bond acceptors (Lipinski definition) is 4. The lowest BCUT2D eigenvalue weighted by Crippen LogP contribution is -2.24. The standard InChI is InChI=1S/C12H19N3.C9H9FN2O/c1-6-9(2)10(3)14-12-11(4)13-7-8-15(12)5;1-6-2-4-11-8-7(6)3-5-12(8)9(10)13/h7-8H,6H2,1-5H3;2,4H,3,5H2,1H3/b10-9+,14-12?;. The second-order valence-electron chi connectivity index (χ2n) is 6.86. The number of aromatic nitrogens is 3. The summed E-state index contributed by atoms with van der Waals surface area (Å²) in [4.78, 5) is 24.4. The first kappa shape index (κ1) is 21.5. The molecule has 0 bridgehead atoms. The van der Waals surface area contributed by atoms with Gasteiger partial charge in [0.2, 0.25) is 0 Å².